The topological polar surface area (TPSA) is 88.6 Å². The quantitative estimate of drug-likeness (QED) is 0.341. The highest BCUT2D eigenvalue weighted by molar-refractivity contribution is 5.95. The molecule has 0 aliphatic carbocycles. The second-order valence-corrected chi connectivity index (χ2v) is 13.5. The molecular formula is C39H45N3O6. The molecule has 0 atom stereocenters. The summed E-state index contributed by atoms with van der Waals surface area (Å²) in [5.74, 6) is 0.598. The van der Waals surface area contributed by atoms with Gasteiger partial charge in [-0.1, -0.05) is 54.6 Å². The van der Waals surface area contributed by atoms with E-state index in [1.165, 1.54) is 0 Å². The van der Waals surface area contributed by atoms with Gasteiger partial charge in [-0.3, -0.25) is 14.4 Å². The van der Waals surface area contributed by atoms with E-state index < -0.39 is 18.9 Å². The zero-order chi connectivity index (χ0) is 32.9. The standard InChI is InChI=1S/C39H45N3O6/c43-34(28-10-4-1-5-11-28)40-22-16-31(17-23-40)37-46-38(32-18-24-41(25-19-32)35(44)29-12-6-2-7-13-29)48-39(47-37)33-20-26-42(27-21-33)36(45)30-14-8-3-9-15-30/h1-15,31-33,37-39H,16-27H2. The second kappa shape index (κ2) is 15.0. The van der Waals surface area contributed by atoms with Crippen LogP contribution in [0.3, 0.4) is 0 Å². The molecule has 3 amide bonds. The Morgan fingerprint density at radius 3 is 0.854 bits per heavy atom. The summed E-state index contributed by atoms with van der Waals surface area (Å²) in [5, 5.41) is 0. The number of carbonyl (C=O) groups is 3. The number of likely N-dealkylation sites (tertiary alicyclic amines) is 3. The first-order valence-corrected chi connectivity index (χ1v) is 17.5. The Kier molecular flexibility index (Phi) is 10.2. The maximum Gasteiger partial charge on any atom is 0.253 e. The Balaban J connectivity index is 1.00. The van der Waals surface area contributed by atoms with Crippen LogP contribution in [0.25, 0.3) is 0 Å². The molecule has 0 aromatic heterocycles. The molecule has 4 aliphatic rings. The molecule has 48 heavy (non-hydrogen) atoms. The van der Waals surface area contributed by atoms with E-state index in [0.717, 1.165) is 38.5 Å². The van der Waals surface area contributed by atoms with E-state index in [9.17, 15) is 14.4 Å². The molecule has 252 valence electrons. The smallest absolute Gasteiger partial charge is 0.253 e. The highest BCUT2D eigenvalue weighted by Crippen LogP contribution is 2.38. The van der Waals surface area contributed by atoms with Gasteiger partial charge in [0, 0.05) is 73.7 Å². The summed E-state index contributed by atoms with van der Waals surface area (Å²) in [5.41, 5.74) is 2.14. The summed E-state index contributed by atoms with van der Waals surface area (Å²) in [4.78, 5) is 45.1. The first-order chi connectivity index (χ1) is 23.5. The molecule has 4 heterocycles. The van der Waals surface area contributed by atoms with Crippen molar-refractivity contribution in [3.63, 3.8) is 0 Å². The average Bonchev–Trinajstić information content (AvgIpc) is 3.18. The number of amides is 3. The largest absolute Gasteiger partial charge is 0.339 e. The fourth-order valence-electron chi connectivity index (χ4n) is 7.57. The van der Waals surface area contributed by atoms with Crippen LogP contribution in [0.2, 0.25) is 0 Å². The second-order valence-electron chi connectivity index (χ2n) is 13.5. The van der Waals surface area contributed by atoms with E-state index in [0.29, 0.717) is 56.0 Å². The van der Waals surface area contributed by atoms with Crippen molar-refractivity contribution in [2.45, 2.75) is 57.4 Å². The minimum absolute atomic E-state index is 0.0623. The van der Waals surface area contributed by atoms with Crippen molar-refractivity contribution in [1.82, 2.24) is 14.7 Å². The van der Waals surface area contributed by atoms with Gasteiger partial charge in [0.2, 0.25) is 0 Å². The number of ether oxygens (including phenoxy) is 3. The van der Waals surface area contributed by atoms with Gasteiger partial charge in [-0.25, -0.2) is 0 Å². The lowest BCUT2D eigenvalue weighted by Gasteiger charge is -2.47. The highest BCUT2D eigenvalue weighted by atomic mass is 16.9. The first-order valence-electron chi connectivity index (χ1n) is 17.5. The molecule has 9 heteroatoms. The van der Waals surface area contributed by atoms with Gasteiger partial charge in [-0.05, 0) is 74.9 Å². The Bertz CT molecular complexity index is 1320. The number of rotatable bonds is 6. The first kappa shape index (κ1) is 32.5. The van der Waals surface area contributed by atoms with Crippen molar-refractivity contribution >= 4 is 17.7 Å². The van der Waals surface area contributed by atoms with Crippen LogP contribution in [0.5, 0.6) is 0 Å². The van der Waals surface area contributed by atoms with E-state index >= 15 is 0 Å². The molecule has 0 unspecified atom stereocenters. The number of carbonyl (C=O) groups excluding carboxylic acids is 3. The lowest BCUT2D eigenvalue weighted by Crippen LogP contribution is -2.54. The Hall–Kier alpha value is -4.05. The van der Waals surface area contributed by atoms with E-state index in [1.807, 2.05) is 106 Å². The fraction of sp³-hybridized carbons (Fsp3) is 0.462. The Labute approximate surface area is 282 Å². The van der Waals surface area contributed by atoms with Gasteiger partial charge in [0.05, 0.1) is 0 Å². The van der Waals surface area contributed by atoms with Crippen molar-refractivity contribution in [1.29, 1.82) is 0 Å². The fourth-order valence-corrected chi connectivity index (χ4v) is 7.57. The summed E-state index contributed by atoms with van der Waals surface area (Å²) in [6.07, 6.45) is 3.43. The zero-order valence-electron chi connectivity index (χ0n) is 27.4. The van der Waals surface area contributed by atoms with Gasteiger partial charge in [0.1, 0.15) is 0 Å². The van der Waals surface area contributed by atoms with Crippen molar-refractivity contribution in [3.05, 3.63) is 108 Å². The van der Waals surface area contributed by atoms with Crippen LogP contribution in [0.1, 0.15) is 69.6 Å². The van der Waals surface area contributed by atoms with Crippen LogP contribution in [0, 0.1) is 17.8 Å². The SMILES string of the molecule is O=C(c1ccccc1)N1CCC(C2OC(C3CCN(C(=O)c4ccccc4)CC3)OC(C3CCN(C(=O)c4ccccc4)CC3)O2)CC1. The molecule has 7 rings (SSSR count). The molecule has 3 aromatic carbocycles. The van der Waals surface area contributed by atoms with E-state index in [-0.39, 0.29) is 35.5 Å². The van der Waals surface area contributed by atoms with Crippen LogP contribution in [0.4, 0.5) is 0 Å². The lowest BCUT2D eigenvalue weighted by molar-refractivity contribution is -0.417. The maximum atomic E-state index is 13.1. The maximum absolute atomic E-state index is 13.1. The van der Waals surface area contributed by atoms with Gasteiger partial charge in [-0.15, -0.1) is 0 Å². The number of nitrogens with zero attached hydrogens (tertiary/aromatic N) is 3. The molecular weight excluding hydrogens is 606 g/mol. The highest BCUT2D eigenvalue weighted by Gasteiger charge is 2.44. The van der Waals surface area contributed by atoms with Gasteiger partial charge in [-0.2, -0.15) is 0 Å². The predicted octanol–water partition coefficient (Wildman–Crippen LogP) is 5.69. The molecule has 0 saturated carbocycles. The molecule has 0 bridgehead atoms. The third-order valence-corrected chi connectivity index (χ3v) is 10.5. The average molecular weight is 652 g/mol. The van der Waals surface area contributed by atoms with Crippen LogP contribution in [-0.4, -0.2) is 90.6 Å². The van der Waals surface area contributed by atoms with E-state index in [1.54, 1.807) is 0 Å². The molecule has 4 aliphatic heterocycles. The number of benzene rings is 3. The lowest BCUT2D eigenvalue weighted by atomic mass is 9.91. The summed E-state index contributed by atoms with van der Waals surface area (Å²) in [6.45, 7) is 3.90. The van der Waals surface area contributed by atoms with Gasteiger partial charge in [0.15, 0.2) is 18.9 Å². The number of hydrogen-bond acceptors (Lipinski definition) is 6. The zero-order valence-corrected chi connectivity index (χ0v) is 27.4. The van der Waals surface area contributed by atoms with E-state index in [2.05, 4.69) is 0 Å². The molecule has 0 spiro atoms. The third kappa shape index (κ3) is 7.33. The number of piperidine rings is 3. The summed E-state index contributed by atoms with van der Waals surface area (Å²) in [7, 11) is 0. The summed E-state index contributed by atoms with van der Waals surface area (Å²) in [6, 6.07) is 28.3. The Morgan fingerprint density at radius 1 is 0.396 bits per heavy atom. The van der Waals surface area contributed by atoms with Crippen LogP contribution >= 0.6 is 0 Å². The summed E-state index contributed by atoms with van der Waals surface area (Å²) < 4.78 is 19.9. The molecule has 4 saturated heterocycles. The third-order valence-electron chi connectivity index (χ3n) is 10.5. The van der Waals surface area contributed by atoms with Crippen LogP contribution in [-0.2, 0) is 14.2 Å². The molecule has 0 N–H and O–H groups in total. The van der Waals surface area contributed by atoms with Crippen molar-refractivity contribution in [2.75, 3.05) is 39.3 Å². The number of hydrogen-bond donors (Lipinski definition) is 0. The molecule has 0 radical (unpaired) electrons. The Morgan fingerprint density at radius 2 is 0.625 bits per heavy atom. The van der Waals surface area contributed by atoms with Crippen molar-refractivity contribution in [2.24, 2.45) is 17.8 Å². The molecule has 4 fully saturated rings. The van der Waals surface area contributed by atoms with Crippen LogP contribution in [0.15, 0.2) is 91.0 Å². The molecule has 3 aromatic rings. The minimum Gasteiger partial charge on any atom is -0.339 e. The predicted molar refractivity (Wildman–Crippen MR) is 180 cm³/mol. The van der Waals surface area contributed by atoms with Gasteiger partial charge < -0.3 is 28.9 Å². The van der Waals surface area contributed by atoms with Gasteiger partial charge >= 0.3 is 0 Å². The van der Waals surface area contributed by atoms with Crippen molar-refractivity contribution in [3.8, 4) is 0 Å². The summed E-state index contributed by atoms with van der Waals surface area (Å²) >= 11 is 0. The monoisotopic (exact) mass is 651 g/mol. The van der Waals surface area contributed by atoms with Gasteiger partial charge in [0.25, 0.3) is 17.7 Å². The van der Waals surface area contributed by atoms with Crippen molar-refractivity contribution < 1.29 is 28.6 Å². The minimum atomic E-state index is -0.435. The molecule has 9 nitrogen and oxygen atoms in total. The van der Waals surface area contributed by atoms with E-state index in [4.69, 9.17) is 14.2 Å². The van der Waals surface area contributed by atoms with Crippen LogP contribution < -0.4 is 0 Å². The normalized spacial score (nSPS) is 24.8.